The molecule has 0 radical (unpaired) electrons. The summed E-state index contributed by atoms with van der Waals surface area (Å²) in [6, 6.07) is 4.03. The number of anilines is 2. The van der Waals surface area contributed by atoms with Crippen LogP contribution >= 0.6 is 0 Å². The fourth-order valence-corrected chi connectivity index (χ4v) is 1.67. The van der Waals surface area contributed by atoms with Crippen LogP contribution in [-0.2, 0) is 4.74 Å². The zero-order chi connectivity index (χ0) is 15.4. The van der Waals surface area contributed by atoms with E-state index in [4.69, 9.17) is 4.42 Å². The number of nitrogens with zero attached hydrogens (tertiary/aromatic N) is 2. The monoisotopic (exact) mass is 294 g/mol. The lowest BCUT2D eigenvalue weighted by Crippen LogP contribution is -2.12. The van der Waals surface area contributed by atoms with Gasteiger partial charge in [0, 0.05) is 12.6 Å². The summed E-state index contributed by atoms with van der Waals surface area (Å²) >= 11 is 0. The molecule has 0 aliphatic carbocycles. The van der Waals surface area contributed by atoms with E-state index in [2.05, 4.69) is 25.6 Å². The van der Waals surface area contributed by atoms with Gasteiger partial charge in [0.2, 0.25) is 11.8 Å². The highest BCUT2D eigenvalue weighted by molar-refractivity contribution is 5.84. The number of carbonyl (C=O) groups is 1. The zero-order valence-corrected chi connectivity index (χ0v) is 11.8. The third-order valence-corrected chi connectivity index (χ3v) is 2.69. The molecule has 2 rings (SSSR count). The van der Waals surface area contributed by atoms with Crippen LogP contribution in [0, 0.1) is 12.7 Å². The van der Waals surface area contributed by atoms with Gasteiger partial charge in [-0.2, -0.15) is 0 Å². The summed E-state index contributed by atoms with van der Waals surface area (Å²) in [6.45, 7) is 3.50. The summed E-state index contributed by atoms with van der Waals surface area (Å²) in [4.78, 5) is 11.0. The second-order valence-electron chi connectivity index (χ2n) is 4.34. The standard InChI is InChI=1S/C13H15FN4O3/c1-7(12-18-17-8(2)21-12)15-9-4-5-11(10(14)6-9)16-13(19)20-3/h4-7,15H,1-3H3,(H,16,19). The lowest BCUT2D eigenvalue weighted by atomic mass is 10.2. The number of rotatable bonds is 4. The SMILES string of the molecule is COC(=O)Nc1ccc(NC(C)c2nnc(C)o2)cc1F. The van der Waals surface area contributed by atoms with Gasteiger partial charge in [-0.1, -0.05) is 0 Å². The number of nitrogens with one attached hydrogen (secondary N) is 2. The highest BCUT2D eigenvalue weighted by Crippen LogP contribution is 2.23. The fourth-order valence-electron chi connectivity index (χ4n) is 1.67. The van der Waals surface area contributed by atoms with Crippen molar-refractivity contribution in [3.8, 4) is 0 Å². The van der Waals surface area contributed by atoms with Gasteiger partial charge >= 0.3 is 6.09 Å². The van der Waals surface area contributed by atoms with Gasteiger partial charge in [-0.15, -0.1) is 10.2 Å². The summed E-state index contributed by atoms with van der Waals surface area (Å²) in [5.41, 5.74) is 0.556. The van der Waals surface area contributed by atoms with Crippen molar-refractivity contribution >= 4 is 17.5 Å². The van der Waals surface area contributed by atoms with Crippen molar-refractivity contribution < 1.29 is 18.3 Å². The molecule has 7 nitrogen and oxygen atoms in total. The summed E-state index contributed by atoms with van der Waals surface area (Å²) < 4.78 is 23.5. The van der Waals surface area contributed by atoms with Gasteiger partial charge in [0.1, 0.15) is 11.9 Å². The minimum Gasteiger partial charge on any atom is -0.453 e. The van der Waals surface area contributed by atoms with Crippen LogP contribution in [-0.4, -0.2) is 23.4 Å². The highest BCUT2D eigenvalue weighted by atomic mass is 19.1. The van der Waals surface area contributed by atoms with Crippen LogP contribution in [0.25, 0.3) is 0 Å². The second kappa shape index (κ2) is 6.21. The third-order valence-electron chi connectivity index (χ3n) is 2.69. The number of aromatic nitrogens is 2. The van der Waals surface area contributed by atoms with Crippen LogP contribution in [0.4, 0.5) is 20.6 Å². The van der Waals surface area contributed by atoms with E-state index in [0.29, 0.717) is 17.5 Å². The number of methoxy groups -OCH3 is 1. The number of carbonyl (C=O) groups excluding carboxylic acids is 1. The predicted molar refractivity (Wildman–Crippen MR) is 73.5 cm³/mol. The van der Waals surface area contributed by atoms with E-state index in [1.54, 1.807) is 13.0 Å². The second-order valence-corrected chi connectivity index (χ2v) is 4.34. The van der Waals surface area contributed by atoms with Crippen molar-refractivity contribution in [3.05, 3.63) is 35.8 Å². The molecule has 1 amide bonds. The molecule has 1 aromatic heterocycles. The van der Waals surface area contributed by atoms with Crippen molar-refractivity contribution in [2.24, 2.45) is 0 Å². The first-order valence-electron chi connectivity index (χ1n) is 6.20. The highest BCUT2D eigenvalue weighted by Gasteiger charge is 2.14. The van der Waals surface area contributed by atoms with E-state index in [1.807, 2.05) is 6.92 Å². The number of aryl methyl sites for hydroxylation is 1. The molecule has 0 bridgehead atoms. The molecule has 0 aliphatic rings. The van der Waals surface area contributed by atoms with E-state index in [9.17, 15) is 9.18 Å². The molecule has 21 heavy (non-hydrogen) atoms. The van der Waals surface area contributed by atoms with E-state index in [0.717, 1.165) is 0 Å². The Morgan fingerprint density at radius 3 is 2.76 bits per heavy atom. The first-order chi connectivity index (χ1) is 9.99. The molecule has 8 heteroatoms. The zero-order valence-electron chi connectivity index (χ0n) is 11.8. The molecule has 2 N–H and O–H groups in total. The molecule has 1 heterocycles. The Hall–Kier alpha value is -2.64. The maximum Gasteiger partial charge on any atom is 0.411 e. The van der Waals surface area contributed by atoms with Gasteiger partial charge in [0.05, 0.1) is 12.8 Å². The van der Waals surface area contributed by atoms with E-state index in [-0.39, 0.29) is 11.7 Å². The van der Waals surface area contributed by atoms with E-state index < -0.39 is 11.9 Å². The van der Waals surface area contributed by atoms with Crippen LogP contribution in [0.3, 0.4) is 0 Å². The lowest BCUT2D eigenvalue weighted by Gasteiger charge is -2.12. The molecule has 0 aliphatic heterocycles. The Labute approximate surface area is 120 Å². The Morgan fingerprint density at radius 1 is 1.43 bits per heavy atom. The molecule has 1 atom stereocenters. The van der Waals surface area contributed by atoms with Crippen LogP contribution in [0.5, 0.6) is 0 Å². The van der Waals surface area contributed by atoms with Crippen molar-refractivity contribution in [2.45, 2.75) is 19.9 Å². The van der Waals surface area contributed by atoms with Gasteiger partial charge < -0.3 is 14.5 Å². The van der Waals surface area contributed by atoms with Crippen LogP contribution in [0.1, 0.15) is 24.7 Å². The first kappa shape index (κ1) is 14.8. The van der Waals surface area contributed by atoms with Gasteiger partial charge in [0.15, 0.2) is 0 Å². The summed E-state index contributed by atoms with van der Waals surface area (Å²) in [7, 11) is 1.21. The van der Waals surface area contributed by atoms with Gasteiger partial charge in [-0.05, 0) is 25.1 Å². The molecule has 1 aromatic carbocycles. The first-order valence-corrected chi connectivity index (χ1v) is 6.20. The topological polar surface area (TPSA) is 89.3 Å². The predicted octanol–water partition coefficient (Wildman–Crippen LogP) is 2.87. The van der Waals surface area contributed by atoms with Crippen molar-refractivity contribution in [3.63, 3.8) is 0 Å². The average molecular weight is 294 g/mol. The van der Waals surface area contributed by atoms with Crippen molar-refractivity contribution in [2.75, 3.05) is 17.7 Å². The molecular weight excluding hydrogens is 279 g/mol. The smallest absolute Gasteiger partial charge is 0.411 e. The molecule has 0 saturated carbocycles. The number of halogens is 1. The minimum atomic E-state index is -0.732. The van der Waals surface area contributed by atoms with E-state index >= 15 is 0 Å². The van der Waals surface area contributed by atoms with Gasteiger partial charge in [-0.3, -0.25) is 5.32 Å². The number of hydrogen-bond donors (Lipinski definition) is 2. The maximum absolute atomic E-state index is 13.8. The van der Waals surface area contributed by atoms with E-state index in [1.165, 1.54) is 19.2 Å². The minimum absolute atomic E-state index is 0.0358. The molecule has 112 valence electrons. The Bertz CT molecular complexity index is 644. The van der Waals surface area contributed by atoms with Gasteiger partial charge in [0.25, 0.3) is 0 Å². The average Bonchev–Trinajstić information content (AvgIpc) is 2.88. The van der Waals surface area contributed by atoms with Gasteiger partial charge in [-0.25, -0.2) is 9.18 Å². The molecular formula is C13H15FN4O3. The third kappa shape index (κ3) is 3.68. The van der Waals surface area contributed by atoms with Crippen LogP contribution < -0.4 is 10.6 Å². The summed E-state index contributed by atoms with van der Waals surface area (Å²) in [5, 5.41) is 12.9. The quantitative estimate of drug-likeness (QED) is 0.901. The summed E-state index contributed by atoms with van der Waals surface area (Å²) in [6.07, 6.45) is -0.732. The molecule has 1 unspecified atom stereocenters. The number of benzene rings is 1. The number of ether oxygens (including phenoxy) is 1. The normalized spacial score (nSPS) is 11.8. The molecule has 0 fully saturated rings. The van der Waals surface area contributed by atoms with Crippen molar-refractivity contribution in [1.29, 1.82) is 0 Å². The van der Waals surface area contributed by atoms with Crippen molar-refractivity contribution in [1.82, 2.24) is 10.2 Å². The Morgan fingerprint density at radius 2 is 2.19 bits per heavy atom. The number of hydrogen-bond acceptors (Lipinski definition) is 6. The maximum atomic E-state index is 13.8. The Kier molecular flexibility index (Phi) is 4.36. The number of amides is 1. The fraction of sp³-hybridized carbons (Fsp3) is 0.308. The van der Waals surface area contributed by atoms with Crippen LogP contribution in [0.15, 0.2) is 22.6 Å². The van der Waals surface area contributed by atoms with Crippen LogP contribution in [0.2, 0.25) is 0 Å². The Balaban J connectivity index is 2.07. The lowest BCUT2D eigenvalue weighted by molar-refractivity contribution is 0.187. The molecule has 2 aromatic rings. The molecule has 0 spiro atoms. The largest absolute Gasteiger partial charge is 0.453 e. The summed E-state index contributed by atoms with van der Waals surface area (Å²) in [5.74, 6) is 0.284. The molecule has 0 saturated heterocycles.